The van der Waals surface area contributed by atoms with Crippen LogP contribution in [0.5, 0.6) is 0 Å². The van der Waals surface area contributed by atoms with E-state index in [1.807, 2.05) is 18.2 Å². The maximum atomic E-state index is 5.35. The Bertz CT molecular complexity index is 540. The lowest BCUT2D eigenvalue weighted by atomic mass is 10.1. The minimum atomic E-state index is 0.524. The van der Waals surface area contributed by atoms with Crippen LogP contribution < -0.4 is 5.32 Å². The van der Waals surface area contributed by atoms with Crippen LogP contribution in [0.3, 0.4) is 0 Å². The standard InChI is InChI=1S/C15H20N4O/c1-12-10-19(8-7-16-12)11-15-17-14(18-20-15)9-13-5-3-2-4-6-13/h2-6,12,16H,7-11H2,1H3/t12-/m0/s1. The van der Waals surface area contributed by atoms with E-state index in [1.54, 1.807) is 0 Å². The molecule has 2 heterocycles. The number of nitrogens with one attached hydrogen (secondary N) is 1. The zero-order valence-corrected chi connectivity index (χ0v) is 11.7. The van der Waals surface area contributed by atoms with Gasteiger partial charge in [0.25, 0.3) is 0 Å². The van der Waals surface area contributed by atoms with E-state index in [4.69, 9.17) is 4.52 Å². The van der Waals surface area contributed by atoms with Gasteiger partial charge in [0.2, 0.25) is 5.89 Å². The summed E-state index contributed by atoms with van der Waals surface area (Å²) in [6.07, 6.45) is 0.725. The van der Waals surface area contributed by atoms with Crippen molar-refractivity contribution in [1.29, 1.82) is 0 Å². The lowest BCUT2D eigenvalue weighted by molar-refractivity contribution is 0.177. The number of piperazine rings is 1. The van der Waals surface area contributed by atoms with Crippen molar-refractivity contribution < 1.29 is 4.52 Å². The van der Waals surface area contributed by atoms with Gasteiger partial charge in [0.1, 0.15) is 0 Å². The summed E-state index contributed by atoms with van der Waals surface area (Å²) in [6, 6.07) is 10.7. The SMILES string of the molecule is C[C@H]1CN(Cc2nc(Cc3ccccc3)no2)CCN1. The minimum absolute atomic E-state index is 0.524. The lowest BCUT2D eigenvalue weighted by Gasteiger charge is -2.30. The number of benzene rings is 1. The summed E-state index contributed by atoms with van der Waals surface area (Å²) in [5.74, 6) is 1.47. The van der Waals surface area contributed by atoms with Crippen LogP contribution in [0.2, 0.25) is 0 Å². The van der Waals surface area contributed by atoms with E-state index in [-0.39, 0.29) is 0 Å². The van der Waals surface area contributed by atoms with Crippen molar-refractivity contribution in [2.45, 2.75) is 25.9 Å². The highest BCUT2D eigenvalue weighted by Crippen LogP contribution is 2.09. The fourth-order valence-corrected chi connectivity index (χ4v) is 2.55. The molecule has 0 spiro atoms. The molecule has 1 saturated heterocycles. The van der Waals surface area contributed by atoms with E-state index in [0.29, 0.717) is 11.9 Å². The molecule has 5 nitrogen and oxygen atoms in total. The maximum absolute atomic E-state index is 5.35. The van der Waals surface area contributed by atoms with Gasteiger partial charge in [-0.15, -0.1) is 0 Å². The summed E-state index contributed by atoms with van der Waals surface area (Å²) >= 11 is 0. The Labute approximate surface area is 119 Å². The summed E-state index contributed by atoms with van der Waals surface area (Å²) < 4.78 is 5.35. The molecule has 1 N–H and O–H groups in total. The molecule has 1 atom stereocenters. The quantitative estimate of drug-likeness (QED) is 0.913. The van der Waals surface area contributed by atoms with Gasteiger partial charge in [-0.1, -0.05) is 35.5 Å². The fraction of sp³-hybridized carbons (Fsp3) is 0.467. The predicted octanol–water partition coefficient (Wildman–Crippen LogP) is 1.45. The summed E-state index contributed by atoms with van der Waals surface area (Å²) in [6.45, 7) is 6.01. The van der Waals surface area contributed by atoms with Crippen LogP contribution in [0.4, 0.5) is 0 Å². The first-order valence-electron chi connectivity index (χ1n) is 7.11. The molecule has 0 amide bonds. The van der Waals surface area contributed by atoms with E-state index >= 15 is 0 Å². The average molecular weight is 272 g/mol. The molecule has 3 rings (SSSR count). The van der Waals surface area contributed by atoms with Gasteiger partial charge in [-0.05, 0) is 12.5 Å². The van der Waals surface area contributed by atoms with Gasteiger partial charge in [-0.3, -0.25) is 4.90 Å². The Balaban J connectivity index is 1.59. The molecule has 5 heteroatoms. The van der Waals surface area contributed by atoms with Gasteiger partial charge in [-0.25, -0.2) is 0 Å². The highest BCUT2D eigenvalue weighted by molar-refractivity contribution is 5.18. The monoisotopic (exact) mass is 272 g/mol. The van der Waals surface area contributed by atoms with Crippen molar-refractivity contribution in [1.82, 2.24) is 20.4 Å². The van der Waals surface area contributed by atoms with Crippen LogP contribution in [-0.4, -0.2) is 40.7 Å². The van der Waals surface area contributed by atoms with Crippen molar-refractivity contribution >= 4 is 0 Å². The van der Waals surface area contributed by atoms with E-state index in [9.17, 15) is 0 Å². The van der Waals surface area contributed by atoms with E-state index in [2.05, 4.69) is 39.4 Å². The second-order valence-corrected chi connectivity index (χ2v) is 5.36. The number of nitrogens with zero attached hydrogens (tertiary/aromatic N) is 3. The normalized spacial score (nSPS) is 20.1. The van der Waals surface area contributed by atoms with Gasteiger partial charge in [0.15, 0.2) is 5.82 Å². The summed E-state index contributed by atoms with van der Waals surface area (Å²) in [4.78, 5) is 6.83. The molecule has 0 bridgehead atoms. The molecule has 0 radical (unpaired) electrons. The molecule has 0 aliphatic carbocycles. The number of hydrogen-bond acceptors (Lipinski definition) is 5. The predicted molar refractivity (Wildman–Crippen MR) is 76.3 cm³/mol. The topological polar surface area (TPSA) is 54.2 Å². The Morgan fingerprint density at radius 2 is 2.20 bits per heavy atom. The second kappa shape index (κ2) is 6.15. The molecule has 1 aromatic carbocycles. The van der Waals surface area contributed by atoms with Gasteiger partial charge < -0.3 is 9.84 Å². The first kappa shape index (κ1) is 13.3. The average Bonchev–Trinajstić information content (AvgIpc) is 2.87. The summed E-state index contributed by atoms with van der Waals surface area (Å²) in [7, 11) is 0. The third kappa shape index (κ3) is 3.43. The van der Waals surface area contributed by atoms with Crippen molar-refractivity contribution in [3.05, 3.63) is 47.6 Å². The second-order valence-electron chi connectivity index (χ2n) is 5.36. The van der Waals surface area contributed by atoms with Gasteiger partial charge in [0.05, 0.1) is 6.54 Å². The van der Waals surface area contributed by atoms with Crippen LogP contribution >= 0.6 is 0 Å². The third-order valence-electron chi connectivity index (χ3n) is 3.53. The van der Waals surface area contributed by atoms with Gasteiger partial charge >= 0.3 is 0 Å². The van der Waals surface area contributed by atoms with Crippen LogP contribution in [0.25, 0.3) is 0 Å². The maximum Gasteiger partial charge on any atom is 0.240 e. The third-order valence-corrected chi connectivity index (χ3v) is 3.53. The van der Waals surface area contributed by atoms with Crippen molar-refractivity contribution in [2.24, 2.45) is 0 Å². The van der Waals surface area contributed by atoms with Crippen molar-refractivity contribution in [3.63, 3.8) is 0 Å². The molecule has 20 heavy (non-hydrogen) atoms. The number of hydrogen-bond donors (Lipinski definition) is 1. The highest BCUT2D eigenvalue weighted by atomic mass is 16.5. The Morgan fingerprint density at radius 3 is 3.00 bits per heavy atom. The first-order valence-corrected chi connectivity index (χ1v) is 7.11. The Kier molecular flexibility index (Phi) is 4.08. The highest BCUT2D eigenvalue weighted by Gasteiger charge is 2.18. The lowest BCUT2D eigenvalue weighted by Crippen LogP contribution is -2.48. The van der Waals surface area contributed by atoms with Crippen LogP contribution in [0.1, 0.15) is 24.2 Å². The molecule has 1 aromatic heterocycles. The van der Waals surface area contributed by atoms with Crippen LogP contribution in [-0.2, 0) is 13.0 Å². The first-order chi connectivity index (χ1) is 9.79. The molecule has 0 saturated carbocycles. The molecule has 2 aromatic rings. The molecule has 106 valence electrons. The smallest absolute Gasteiger partial charge is 0.240 e. The minimum Gasteiger partial charge on any atom is -0.338 e. The molecule has 1 aliphatic heterocycles. The largest absolute Gasteiger partial charge is 0.338 e. The van der Waals surface area contributed by atoms with Gasteiger partial charge in [0, 0.05) is 32.1 Å². The summed E-state index contributed by atoms with van der Waals surface area (Å²) in [5.41, 5.74) is 1.20. The summed E-state index contributed by atoms with van der Waals surface area (Å²) in [5, 5.41) is 7.49. The molecule has 0 unspecified atom stereocenters. The molecule has 1 fully saturated rings. The van der Waals surface area contributed by atoms with Gasteiger partial charge in [-0.2, -0.15) is 4.98 Å². The van der Waals surface area contributed by atoms with Crippen molar-refractivity contribution in [3.8, 4) is 0 Å². The Morgan fingerprint density at radius 1 is 1.35 bits per heavy atom. The van der Waals surface area contributed by atoms with Crippen molar-refractivity contribution in [2.75, 3.05) is 19.6 Å². The Hall–Kier alpha value is -1.72. The van der Waals surface area contributed by atoms with Crippen LogP contribution in [0.15, 0.2) is 34.9 Å². The molecular formula is C15H20N4O. The van der Waals surface area contributed by atoms with E-state index in [0.717, 1.165) is 38.4 Å². The fourth-order valence-electron chi connectivity index (χ4n) is 2.55. The van der Waals surface area contributed by atoms with Crippen LogP contribution in [0, 0.1) is 0 Å². The van der Waals surface area contributed by atoms with E-state index in [1.165, 1.54) is 5.56 Å². The number of aromatic nitrogens is 2. The zero-order valence-electron chi connectivity index (χ0n) is 11.7. The zero-order chi connectivity index (χ0) is 13.8. The molecular weight excluding hydrogens is 252 g/mol. The molecule has 1 aliphatic rings. The van der Waals surface area contributed by atoms with E-state index < -0.39 is 0 Å². The number of rotatable bonds is 4.